The summed E-state index contributed by atoms with van der Waals surface area (Å²) in [7, 11) is -3.79. The maximum Gasteiger partial charge on any atom is 0.241 e. The second-order valence-corrected chi connectivity index (χ2v) is 5.81. The summed E-state index contributed by atoms with van der Waals surface area (Å²) >= 11 is 6.07. The third kappa shape index (κ3) is 2.14. The van der Waals surface area contributed by atoms with E-state index in [-0.39, 0.29) is 4.90 Å². The Bertz CT molecular complexity index is 707. The van der Waals surface area contributed by atoms with Crippen molar-refractivity contribution in [2.24, 2.45) is 5.14 Å². The van der Waals surface area contributed by atoms with Gasteiger partial charge in [0.25, 0.3) is 0 Å². The lowest BCUT2D eigenvalue weighted by atomic mass is 10.3. The largest absolute Gasteiger partial charge is 0.241 e. The first kappa shape index (κ1) is 13.1. The van der Waals surface area contributed by atoms with Crippen LogP contribution >= 0.6 is 11.6 Å². The molecule has 1 aromatic carbocycles. The quantitative estimate of drug-likeness (QED) is 0.914. The number of hydrogen-bond acceptors (Lipinski definition) is 3. The molecule has 0 bridgehead atoms. The number of aromatic nitrogens is 2. The normalized spacial score (nSPS) is 11.8. The lowest BCUT2D eigenvalue weighted by Crippen LogP contribution is -2.14. The lowest BCUT2D eigenvalue weighted by molar-refractivity contribution is 0.596. The van der Waals surface area contributed by atoms with E-state index in [2.05, 4.69) is 5.10 Å². The number of rotatable bonds is 2. The second kappa shape index (κ2) is 4.38. The zero-order chi connectivity index (χ0) is 13.5. The highest BCUT2D eigenvalue weighted by molar-refractivity contribution is 7.89. The van der Waals surface area contributed by atoms with Crippen LogP contribution in [0.5, 0.6) is 0 Å². The van der Waals surface area contributed by atoms with E-state index >= 15 is 0 Å². The summed E-state index contributed by atoms with van der Waals surface area (Å²) in [4.78, 5) is 0.0439. The van der Waals surface area contributed by atoms with E-state index in [9.17, 15) is 8.42 Å². The number of primary sulfonamides is 1. The zero-order valence-corrected chi connectivity index (χ0v) is 11.5. The topological polar surface area (TPSA) is 78.0 Å². The summed E-state index contributed by atoms with van der Waals surface area (Å²) in [5.74, 6) is 0. The maximum atomic E-state index is 11.5. The summed E-state index contributed by atoms with van der Waals surface area (Å²) in [6.07, 6.45) is 0. The maximum absolute atomic E-state index is 11.5. The Hall–Kier alpha value is -1.37. The number of benzene rings is 1. The SMILES string of the molecule is Cc1nn(-c2ccccc2Cl)c(C)c1S(N)(=O)=O. The Labute approximate surface area is 110 Å². The number of nitrogens with two attached hydrogens (primary N) is 1. The second-order valence-electron chi connectivity index (χ2n) is 3.91. The summed E-state index contributed by atoms with van der Waals surface area (Å²) in [5, 5.41) is 9.84. The van der Waals surface area contributed by atoms with Gasteiger partial charge >= 0.3 is 0 Å². The molecule has 0 fully saturated rings. The lowest BCUT2D eigenvalue weighted by Gasteiger charge is -2.06. The highest BCUT2D eigenvalue weighted by Crippen LogP contribution is 2.25. The zero-order valence-electron chi connectivity index (χ0n) is 9.88. The fraction of sp³-hybridized carbons (Fsp3) is 0.182. The van der Waals surface area contributed by atoms with Gasteiger partial charge in [0, 0.05) is 0 Å². The highest BCUT2D eigenvalue weighted by Gasteiger charge is 2.22. The van der Waals surface area contributed by atoms with E-state index in [1.54, 1.807) is 38.1 Å². The Morgan fingerprint density at radius 1 is 1.28 bits per heavy atom. The molecule has 1 aromatic heterocycles. The number of nitrogens with zero attached hydrogens (tertiary/aromatic N) is 2. The van der Waals surface area contributed by atoms with Gasteiger partial charge in [-0.1, -0.05) is 23.7 Å². The third-order valence-electron chi connectivity index (χ3n) is 2.59. The molecular formula is C11H12ClN3O2S. The number of sulfonamides is 1. The van der Waals surface area contributed by atoms with Crippen molar-refractivity contribution in [2.75, 3.05) is 0 Å². The predicted octanol–water partition coefficient (Wildman–Crippen LogP) is 1.79. The molecule has 0 atom stereocenters. The summed E-state index contributed by atoms with van der Waals surface area (Å²) in [5.41, 5.74) is 1.42. The average molecular weight is 286 g/mol. The highest BCUT2D eigenvalue weighted by atomic mass is 35.5. The van der Waals surface area contributed by atoms with Crippen molar-refractivity contribution in [1.82, 2.24) is 9.78 Å². The van der Waals surface area contributed by atoms with E-state index in [0.29, 0.717) is 22.1 Å². The van der Waals surface area contributed by atoms with Crippen molar-refractivity contribution in [3.63, 3.8) is 0 Å². The Balaban J connectivity index is 2.74. The van der Waals surface area contributed by atoms with E-state index in [1.807, 2.05) is 0 Å². The van der Waals surface area contributed by atoms with E-state index in [1.165, 1.54) is 4.68 Å². The van der Waals surface area contributed by atoms with Crippen LogP contribution in [0.4, 0.5) is 0 Å². The molecule has 7 heteroatoms. The minimum absolute atomic E-state index is 0.0439. The van der Waals surface area contributed by atoms with Crippen LogP contribution in [0.2, 0.25) is 5.02 Å². The van der Waals surface area contributed by atoms with Crippen molar-refractivity contribution in [3.8, 4) is 5.69 Å². The standard InChI is InChI=1S/C11H12ClN3O2S/c1-7-11(18(13,16)17)8(2)15(14-7)10-6-4-3-5-9(10)12/h3-6H,1-2H3,(H2,13,16,17). The van der Waals surface area contributed by atoms with Crippen molar-refractivity contribution in [1.29, 1.82) is 0 Å². The number of aryl methyl sites for hydroxylation is 1. The Kier molecular flexibility index (Phi) is 3.18. The molecule has 96 valence electrons. The van der Waals surface area contributed by atoms with Crippen LogP contribution in [-0.2, 0) is 10.0 Å². The smallest absolute Gasteiger partial charge is 0.235 e. The first-order chi connectivity index (χ1) is 8.32. The molecule has 0 amide bonds. The van der Waals surface area contributed by atoms with Crippen LogP contribution in [0.15, 0.2) is 29.2 Å². The Morgan fingerprint density at radius 3 is 2.39 bits per heavy atom. The van der Waals surface area contributed by atoms with Crippen LogP contribution in [0, 0.1) is 13.8 Å². The van der Waals surface area contributed by atoms with Crippen molar-refractivity contribution >= 4 is 21.6 Å². The number of halogens is 1. The molecule has 0 saturated heterocycles. The molecule has 1 heterocycles. The van der Waals surface area contributed by atoms with Gasteiger partial charge in [-0.25, -0.2) is 18.2 Å². The molecular weight excluding hydrogens is 274 g/mol. The van der Waals surface area contributed by atoms with Crippen LogP contribution in [0.3, 0.4) is 0 Å². The summed E-state index contributed by atoms with van der Waals surface area (Å²) < 4.78 is 24.5. The fourth-order valence-corrected chi connectivity index (χ4v) is 3.06. The van der Waals surface area contributed by atoms with E-state index in [0.717, 1.165) is 0 Å². The molecule has 0 unspecified atom stereocenters. The molecule has 5 nitrogen and oxygen atoms in total. The van der Waals surface area contributed by atoms with Crippen molar-refractivity contribution in [2.45, 2.75) is 18.7 Å². The molecule has 2 N–H and O–H groups in total. The van der Waals surface area contributed by atoms with Gasteiger partial charge in [0.2, 0.25) is 10.0 Å². The van der Waals surface area contributed by atoms with E-state index < -0.39 is 10.0 Å². The predicted molar refractivity (Wildman–Crippen MR) is 69.4 cm³/mol. The molecule has 2 rings (SSSR count). The molecule has 0 spiro atoms. The van der Waals surface area contributed by atoms with Crippen LogP contribution < -0.4 is 5.14 Å². The fourth-order valence-electron chi connectivity index (χ4n) is 1.90. The first-order valence-electron chi connectivity index (χ1n) is 5.16. The van der Waals surface area contributed by atoms with Crippen molar-refractivity contribution in [3.05, 3.63) is 40.7 Å². The van der Waals surface area contributed by atoms with Crippen molar-refractivity contribution < 1.29 is 8.42 Å². The molecule has 0 radical (unpaired) electrons. The Morgan fingerprint density at radius 2 is 1.89 bits per heavy atom. The number of hydrogen-bond donors (Lipinski definition) is 1. The molecule has 0 aliphatic carbocycles. The van der Waals surface area contributed by atoms with Gasteiger partial charge in [-0.3, -0.25) is 0 Å². The third-order valence-corrected chi connectivity index (χ3v) is 4.07. The molecule has 0 aliphatic heterocycles. The minimum Gasteiger partial charge on any atom is -0.235 e. The average Bonchev–Trinajstić information content (AvgIpc) is 2.54. The minimum atomic E-state index is -3.79. The van der Waals surface area contributed by atoms with E-state index in [4.69, 9.17) is 16.7 Å². The van der Waals surface area contributed by atoms with Gasteiger partial charge in [0.1, 0.15) is 4.90 Å². The van der Waals surface area contributed by atoms with Crippen LogP contribution in [0.1, 0.15) is 11.4 Å². The number of para-hydroxylation sites is 1. The molecule has 2 aromatic rings. The van der Waals surface area contributed by atoms with Gasteiger partial charge in [-0.15, -0.1) is 0 Å². The van der Waals surface area contributed by atoms with Gasteiger partial charge in [0.05, 0.1) is 22.1 Å². The monoisotopic (exact) mass is 285 g/mol. The molecule has 0 aliphatic rings. The van der Waals surface area contributed by atoms with Crippen LogP contribution in [-0.4, -0.2) is 18.2 Å². The summed E-state index contributed by atoms with van der Waals surface area (Å²) in [6.45, 7) is 3.24. The van der Waals surface area contributed by atoms with Crippen LogP contribution in [0.25, 0.3) is 5.69 Å². The molecule has 0 saturated carbocycles. The van der Waals surface area contributed by atoms with Gasteiger partial charge in [-0.05, 0) is 26.0 Å². The summed E-state index contributed by atoms with van der Waals surface area (Å²) in [6, 6.07) is 7.06. The molecule has 18 heavy (non-hydrogen) atoms. The van der Waals surface area contributed by atoms with Gasteiger partial charge in [-0.2, -0.15) is 5.10 Å². The first-order valence-corrected chi connectivity index (χ1v) is 7.08. The van der Waals surface area contributed by atoms with Gasteiger partial charge < -0.3 is 0 Å². The van der Waals surface area contributed by atoms with Gasteiger partial charge in [0.15, 0.2) is 0 Å².